The van der Waals surface area contributed by atoms with Gasteiger partial charge in [0, 0.05) is 6.04 Å². The van der Waals surface area contributed by atoms with Crippen LogP contribution in [0.25, 0.3) is 0 Å². The van der Waals surface area contributed by atoms with Crippen LogP contribution < -0.4 is 10.1 Å². The Morgan fingerprint density at radius 3 is 2.38 bits per heavy atom. The molecular weight excluding hydrogens is 258 g/mol. The van der Waals surface area contributed by atoms with Crippen molar-refractivity contribution < 1.29 is 4.74 Å². The summed E-state index contributed by atoms with van der Waals surface area (Å²) in [5, 5.41) is 3.55. The maximum atomic E-state index is 5.65. The van der Waals surface area contributed by atoms with Crippen LogP contribution in [0.1, 0.15) is 58.1 Å². The number of nitrogens with one attached hydrogen (secondary N) is 1. The summed E-state index contributed by atoms with van der Waals surface area (Å²) in [7, 11) is 2.09. The Labute approximate surface area is 130 Å². The molecule has 1 aliphatic rings. The summed E-state index contributed by atoms with van der Waals surface area (Å²) in [5.74, 6) is 3.50. The highest BCUT2D eigenvalue weighted by Crippen LogP contribution is 2.39. The van der Waals surface area contributed by atoms with E-state index >= 15 is 0 Å². The summed E-state index contributed by atoms with van der Waals surface area (Å²) < 4.78 is 5.65. The zero-order valence-electron chi connectivity index (χ0n) is 14.1. The molecule has 1 atom stereocenters. The molecule has 2 nitrogen and oxygen atoms in total. The molecule has 0 heterocycles. The molecule has 21 heavy (non-hydrogen) atoms. The van der Waals surface area contributed by atoms with Gasteiger partial charge in [0.1, 0.15) is 5.75 Å². The van der Waals surface area contributed by atoms with Crippen molar-refractivity contribution in [2.75, 3.05) is 13.7 Å². The van der Waals surface area contributed by atoms with Crippen molar-refractivity contribution in [2.45, 2.75) is 52.5 Å². The first-order chi connectivity index (χ1) is 10.2. The van der Waals surface area contributed by atoms with Gasteiger partial charge >= 0.3 is 0 Å². The van der Waals surface area contributed by atoms with Gasteiger partial charge in [-0.1, -0.05) is 26.0 Å². The summed E-state index contributed by atoms with van der Waals surface area (Å²) in [4.78, 5) is 0. The van der Waals surface area contributed by atoms with Crippen molar-refractivity contribution in [2.24, 2.45) is 17.8 Å². The van der Waals surface area contributed by atoms with Gasteiger partial charge in [-0.25, -0.2) is 0 Å². The first kappa shape index (κ1) is 16.4. The lowest BCUT2D eigenvalue weighted by atomic mass is 9.73. The first-order valence-corrected chi connectivity index (χ1v) is 8.55. The van der Waals surface area contributed by atoms with Gasteiger partial charge in [0.05, 0.1) is 6.61 Å². The Hall–Kier alpha value is -1.02. The van der Waals surface area contributed by atoms with Crippen molar-refractivity contribution in [1.82, 2.24) is 5.32 Å². The molecule has 118 valence electrons. The lowest BCUT2D eigenvalue weighted by Crippen LogP contribution is -2.29. The highest BCUT2D eigenvalue weighted by molar-refractivity contribution is 5.31. The Kier molecular flexibility index (Phi) is 6.10. The minimum Gasteiger partial charge on any atom is -0.494 e. The van der Waals surface area contributed by atoms with Crippen LogP contribution in [0.3, 0.4) is 0 Å². The van der Waals surface area contributed by atoms with E-state index in [0.29, 0.717) is 6.04 Å². The lowest BCUT2D eigenvalue weighted by Gasteiger charge is -2.35. The lowest BCUT2D eigenvalue weighted by molar-refractivity contribution is 0.192. The second-order valence-electron chi connectivity index (χ2n) is 6.69. The average Bonchev–Trinajstić information content (AvgIpc) is 2.49. The maximum absolute atomic E-state index is 5.65. The minimum atomic E-state index is 0.457. The van der Waals surface area contributed by atoms with Gasteiger partial charge in [-0.2, -0.15) is 0 Å². The average molecular weight is 289 g/mol. The third-order valence-corrected chi connectivity index (χ3v) is 5.07. The van der Waals surface area contributed by atoms with Crippen molar-refractivity contribution in [3.8, 4) is 5.75 Å². The molecule has 0 aromatic heterocycles. The fourth-order valence-electron chi connectivity index (χ4n) is 3.78. The molecule has 0 aliphatic heterocycles. The molecule has 2 rings (SSSR count). The van der Waals surface area contributed by atoms with Gasteiger partial charge in [0.15, 0.2) is 0 Å². The van der Waals surface area contributed by atoms with Gasteiger partial charge in [0.2, 0.25) is 0 Å². The topological polar surface area (TPSA) is 21.3 Å². The molecular formula is C19H31NO. The third-order valence-electron chi connectivity index (χ3n) is 5.07. The number of hydrogen-bond donors (Lipinski definition) is 1. The number of ether oxygens (including phenoxy) is 1. The van der Waals surface area contributed by atoms with Crippen LogP contribution in [0.2, 0.25) is 0 Å². The molecule has 1 fully saturated rings. The second-order valence-corrected chi connectivity index (χ2v) is 6.69. The minimum absolute atomic E-state index is 0.457. The quantitative estimate of drug-likeness (QED) is 0.811. The van der Waals surface area contributed by atoms with E-state index in [1.54, 1.807) is 0 Å². The van der Waals surface area contributed by atoms with Crippen molar-refractivity contribution >= 4 is 0 Å². The van der Waals surface area contributed by atoms with E-state index in [0.717, 1.165) is 30.1 Å². The number of benzene rings is 1. The van der Waals surface area contributed by atoms with Gasteiger partial charge in [-0.05, 0) is 75.1 Å². The van der Waals surface area contributed by atoms with Gasteiger partial charge in [-0.15, -0.1) is 0 Å². The van der Waals surface area contributed by atoms with Crippen LogP contribution in [-0.4, -0.2) is 13.7 Å². The smallest absolute Gasteiger partial charge is 0.119 e. The van der Waals surface area contributed by atoms with Crippen LogP contribution in [0.15, 0.2) is 24.3 Å². The summed E-state index contributed by atoms with van der Waals surface area (Å²) in [6.45, 7) is 7.50. The van der Waals surface area contributed by atoms with E-state index in [2.05, 4.69) is 50.5 Å². The van der Waals surface area contributed by atoms with Crippen LogP contribution in [-0.2, 0) is 0 Å². The fraction of sp³-hybridized carbons (Fsp3) is 0.684. The Morgan fingerprint density at radius 2 is 1.81 bits per heavy atom. The molecule has 0 saturated heterocycles. The van der Waals surface area contributed by atoms with E-state index in [4.69, 9.17) is 4.74 Å². The van der Waals surface area contributed by atoms with Crippen LogP contribution in [0.4, 0.5) is 0 Å². The Morgan fingerprint density at radius 1 is 1.14 bits per heavy atom. The predicted molar refractivity (Wildman–Crippen MR) is 89.7 cm³/mol. The number of rotatable bonds is 6. The van der Waals surface area contributed by atoms with E-state index in [1.807, 2.05) is 6.92 Å². The summed E-state index contributed by atoms with van der Waals surface area (Å²) in [6, 6.07) is 9.07. The van der Waals surface area contributed by atoms with Crippen LogP contribution in [0.5, 0.6) is 5.75 Å². The summed E-state index contributed by atoms with van der Waals surface area (Å²) >= 11 is 0. The molecule has 0 bridgehead atoms. The van der Waals surface area contributed by atoms with Crippen LogP contribution >= 0.6 is 0 Å². The van der Waals surface area contributed by atoms with E-state index < -0.39 is 0 Å². The monoisotopic (exact) mass is 289 g/mol. The molecule has 0 amide bonds. The Bertz CT molecular complexity index is 421. The molecule has 2 heteroatoms. The normalized spacial score (nSPS) is 24.0. The molecule has 1 saturated carbocycles. The zero-order valence-corrected chi connectivity index (χ0v) is 14.1. The third kappa shape index (κ3) is 4.23. The number of hydrogen-bond acceptors (Lipinski definition) is 2. The predicted octanol–water partition coefficient (Wildman–Crippen LogP) is 4.81. The highest BCUT2D eigenvalue weighted by Gasteiger charge is 2.28. The summed E-state index contributed by atoms with van der Waals surface area (Å²) in [6.07, 6.45) is 5.44. The van der Waals surface area contributed by atoms with Crippen molar-refractivity contribution in [1.29, 1.82) is 0 Å². The molecule has 1 unspecified atom stereocenters. The van der Waals surface area contributed by atoms with Crippen molar-refractivity contribution in [3.63, 3.8) is 0 Å². The van der Waals surface area contributed by atoms with Crippen molar-refractivity contribution in [3.05, 3.63) is 29.8 Å². The van der Waals surface area contributed by atoms with E-state index in [1.165, 1.54) is 31.2 Å². The molecule has 0 radical (unpaired) electrons. The van der Waals surface area contributed by atoms with E-state index in [9.17, 15) is 0 Å². The second kappa shape index (κ2) is 7.84. The Balaban J connectivity index is 2.04. The van der Waals surface area contributed by atoms with Gasteiger partial charge in [-0.3, -0.25) is 0 Å². The fourth-order valence-corrected chi connectivity index (χ4v) is 3.78. The molecule has 1 N–H and O–H groups in total. The van der Waals surface area contributed by atoms with Gasteiger partial charge in [0.25, 0.3) is 0 Å². The zero-order chi connectivity index (χ0) is 15.2. The first-order valence-electron chi connectivity index (χ1n) is 8.55. The maximum Gasteiger partial charge on any atom is 0.119 e. The largest absolute Gasteiger partial charge is 0.494 e. The highest BCUT2D eigenvalue weighted by atomic mass is 16.5. The summed E-state index contributed by atoms with van der Waals surface area (Å²) in [5.41, 5.74) is 1.37. The SMILES string of the molecule is CCOc1cccc(C(NC)C2CCC(C(C)C)CC2)c1. The van der Waals surface area contributed by atoms with Crippen LogP contribution in [0, 0.1) is 17.8 Å². The molecule has 1 aromatic carbocycles. The van der Waals surface area contributed by atoms with Gasteiger partial charge < -0.3 is 10.1 Å². The molecule has 0 spiro atoms. The molecule has 1 aromatic rings. The molecule has 1 aliphatic carbocycles. The van der Waals surface area contributed by atoms with E-state index in [-0.39, 0.29) is 0 Å². The standard InChI is InChI=1S/C19H31NO/c1-5-21-18-8-6-7-17(13-18)19(20-4)16-11-9-15(10-12-16)14(2)3/h6-8,13-16,19-20H,5,9-12H2,1-4H3.